The number of piperazine rings is 1. The van der Waals surface area contributed by atoms with Gasteiger partial charge >= 0.3 is 0 Å². The first-order valence-corrected chi connectivity index (χ1v) is 12.2. The summed E-state index contributed by atoms with van der Waals surface area (Å²) in [5.74, 6) is 0.476. The van der Waals surface area contributed by atoms with E-state index in [2.05, 4.69) is 10.6 Å². The standard InChI is InChI=1S/C20H21N3O6S2/c1-30-18-11-17-16(28-8-9-29-17)10-15(18)22-20(25)13-2-4-14(5-3-13)31(26,27)23-7-6-21-19(24)12-23/h2-5,10-11H,6-9,12H2,1H3,(H,21,24)(H,22,25). The van der Waals surface area contributed by atoms with Crippen LogP contribution in [0, 0.1) is 0 Å². The van der Waals surface area contributed by atoms with Crippen LogP contribution in [0.4, 0.5) is 5.69 Å². The second kappa shape index (κ2) is 8.77. The third-order valence-corrected chi connectivity index (χ3v) is 7.51. The Morgan fingerprint density at radius 1 is 1.13 bits per heavy atom. The van der Waals surface area contributed by atoms with E-state index in [0.29, 0.717) is 36.0 Å². The largest absolute Gasteiger partial charge is 0.486 e. The number of thioether (sulfide) groups is 1. The van der Waals surface area contributed by atoms with Crippen molar-refractivity contribution in [2.24, 2.45) is 0 Å². The van der Waals surface area contributed by atoms with E-state index < -0.39 is 10.0 Å². The van der Waals surface area contributed by atoms with Crippen LogP contribution in [-0.4, -0.2) is 63.6 Å². The lowest BCUT2D eigenvalue weighted by molar-refractivity contribution is -0.122. The van der Waals surface area contributed by atoms with Gasteiger partial charge in [-0.3, -0.25) is 9.59 Å². The average molecular weight is 464 g/mol. The molecule has 0 aromatic heterocycles. The Balaban J connectivity index is 1.52. The number of hydrogen-bond acceptors (Lipinski definition) is 7. The highest BCUT2D eigenvalue weighted by Gasteiger charge is 2.29. The van der Waals surface area contributed by atoms with Crippen LogP contribution in [-0.2, 0) is 14.8 Å². The second-order valence-corrected chi connectivity index (χ2v) is 9.65. The second-order valence-electron chi connectivity index (χ2n) is 6.86. The molecule has 164 valence electrons. The summed E-state index contributed by atoms with van der Waals surface area (Å²) in [6, 6.07) is 9.18. The van der Waals surface area contributed by atoms with Crippen molar-refractivity contribution in [2.75, 3.05) is 44.4 Å². The van der Waals surface area contributed by atoms with Crippen LogP contribution in [0.5, 0.6) is 11.5 Å². The minimum Gasteiger partial charge on any atom is -0.486 e. The molecule has 0 atom stereocenters. The number of nitrogens with zero attached hydrogens (tertiary/aromatic N) is 1. The Labute approximate surface area is 184 Å². The van der Waals surface area contributed by atoms with E-state index in [-0.39, 0.29) is 36.3 Å². The fraction of sp³-hybridized carbons (Fsp3) is 0.300. The van der Waals surface area contributed by atoms with Crippen LogP contribution in [0.1, 0.15) is 10.4 Å². The molecule has 11 heteroatoms. The maximum atomic E-state index is 12.8. The molecule has 9 nitrogen and oxygen atoms in total. The molecule has 4 rings (SSSR count). The number of hydrogen-bond donors (Lipinski definition) is 2. The summed E-state index contributed by atoms with van der Waals surface area (Å²) in [6.45, 7) is 1.17. The van der Waals surface area contributed by atoms with Gasteiger partial charge < -0.3 is 20.1 Å². The maximum absolute atomic E-state index is 12.8. The third kappa shape index (κ3) is 4.48. The number of anilines is 1. The Morgan fingerprint density at radius 3 is 2.45 bits per heavy atom. The first-order chi connectivity index (χ1) is 14.9. The summed E-state index contributed by atoms with van der Waals surface area (Å²) < 4.78 is 37.8. The van der Waals surface area contributed by atoms with Gasteiger partial charge in [-0.25, -0.2) is 8.42 Å². The highest BCUT2D eigenvalue weighted by Crippen LogP contribution is 2.39. The number of nitrogens with one attached hydrogen (secondary N) is 2. The quantitative estimate of drug-likeness (QED) is 0.647. The van der Waals surface area contributed by atoms with Crippen LogP contribution in [0.3, 0.4) is 0 Å². The Morgan fingerprint density at radius 2 is 1.81 bits per heavy atom. The molecule has 0 radical (unpaired) electrons. The summed E-state index contributed by atoms with van der Waals surface area (Å²) >= 11 is 1.46. The molecule has 2 N–H and O–H groups in total. The number of ether oxygens (including phenoxy) is 2. The number of sulfonamides is 1. The normalized spacial score (nSPS) is 16.5. The van der Waals surface area contributed by atoms with Gasteiger partial charge in [-0.05, 0) is 36.6 Å². The van der Waals surface area contributed by atoms with E-state index in [4.69, 9.17) is 9.47 Å². The van der Waals surface area contributed by atoms with E-state index in [1.807, 2.05) is 12.3 Å². The van der Waals surface area contributed by atoms with Crippen LogP contribution < -0.4 is 20.1 Å². The van der Waals surface area contributed by atoms with Crippen molar-refractivity contribution in [3.8, 4) is 11.5 Å². The molecule has 1 fully saturated rings. The molecule has 0 unspecified atom stereocenters. The first kappa shape index (κ1) is 21.5. The molecule has 2 aliphatic heterocycles. The average Bonchev–Trinajstić information content (AvgIpc) is 2.78. The van der Waals surface area contributed by atoms with Crippen LogP contribution in [0.15, 0.2) is 46.2 Å². The van der Waals surface area contributed by atoms with Crippen LogP contribution in [0.25, 0.3) is 0 Å². The molecular weight excluding hydrogens is 442 g/mol. The summed E-state index contributed by atoms with van der Waals surface area (Å²) in [5, 5.41) is 5.44. The van der Waals surface area contributed by atoms with E-state index in [1.165, 1.54) is 36.0 Å². The highest BCUT2D eigenvalue weighted by atomic mass is 32.2. The van der Waals surface area contributed by atoms with Gasteiger partial charge in [0.25, 0.3) is 5.91 Å². The number of rotatable bonds is 5. The predicted octanol–water partition coefficient (Wildman–Crippen LogP) is 1.55. The molecular formula is C20H21N3O6S2. The van der Waals surface area contributed by atoms with Crippen LogP contribution in [0.2, 0.25) is 0 Å². The summed E-state index contributed by atoms with van der Waals surface area (Å²) in [4.78, 5) is 25.1. The van der Waals surface area contributed by atoms with Gasteiger partial charge in [0.2, 0.25) is 15.9 Å². The topological polar surface area (TPSA) is 114 Å². The molecule has 2 aliphatic rings. The van der Waals surface area contributed by atoms with Crippen molar-refractivity contribution >= 4 is 39.3 Å². The summed E-state index contributed by atoms with van der Waals surface area (Å²) in [7, 11) is -3.81. The van der Waals surface area contributed by atoms with Gasteiger partial charge in [0.05, 0.1) is 17.1 Å². The molecule has 0 aliphatic carbocycles. The van der Waals surface area contributed by atoms with Gasteiger partial charge in [-0.15, -0.1) is 11.8 Å². The third-order valence-electron chi connectivity index (χ3n) is 4.87. The van der Waals surface area contributed by atoms with Gasteiger partial charge in [0.15, 0.2) is 11.5 Å². The zero-order valence-electron chi connectivity index (χ0n) is 16.7. The first-order valence-electron chi connectivity index (χ1n) is 9.54. The van der Waals surface area contributed by atoms with Gasteiger partial charge in [0, 0.05) is 29.6 Å². The molecule has 1 saturated heterocycles. The molecule has 2 aromatic carbocycles. The molecule has 0 saturated carbocycles. The van der Waals surface area contributed by atoms with Crippen molar-refractivity contribution in [3.63, 3.8) is 0 Å². The van der Waals surface area contributed by atoms with E-state index >= 15 is 0 Å². The monoisotopic (exact) mass is 463 g/mol. The van der Waals surface area contributed by atoms with Crippen molar-refractivity contribution in [1.82, 2.24) is 9.62 Å². The molecule has 2 heterocycles. The van der Waals surface area contributed by atoms with Gasteiger partial charge in [0.1, 0.15) is 13.2 Å². The van der Waals surface area contributed by atoms with Crippen LogP contribution >= 0.6 is 11.8 Å². The lowest BCUT2D eigenvalue weighted by atomic mass is 10.2. The van der Waals surface area contributed by atoms with E-state index in [1.54, 1.807) is 6.07 Å². The number of fused-ring (bicyclic) bond motifs is 1. The fourth-order valence-electron chi connectivity index (χ4n) is 3.28. The molecule has 31 heavy (non-hydrogen) atoms. The highest BCUT2D eigenvalue weighted by molar-refractivity contribution is 7.98. The minimum atomic E-state index is -3.81. The number of carbonyl (C=O) groups excluding carboxylic acids is 2. The Hall–Kier alpha value is -2.76. The van der Waals surface area contributed by atoms with Gasteiger partial charge in [-0.1, -0.05) is 0 Å². The van der Waals surface area contributed by atoms with E-state index in [9.17, 15) is 18.0 Å². The van der Waals surface area contributed by atoms with Crippen molar-refractivity contribution in [2.45, 2.75) is 9.79 Å². The molecule has 2 amide bonds. The SMILES string of the molecule is CSc1cc2c(cc1NC(=O)c1ccc(S(=O)(=O)N3CCNC(=O)C3)cc1)OCCO2. The fourth-order valence-corrected chi connectivity index (χ4v) is 5.23. The molecule has 0 bridgehead atoms. The van der Waals surface area contributed by atoms with Gasteiger partial charge in [-0.2, -0.15) is 4.31 Å². The Kier molecular flexibility index (Phi) is 6.08. The molecule has 0 spiro atoms. The lowest BCUT2D eigenvalue weighted by Gasteiger charge is -2.25. The number of benzene rings is 2. The zero-order valence-corrected chi connectivity index (χ0v) is 18.3. The predicted molar refractivity (Wildman–Crippen MR) is 115 cm³/mol. The zero-order chi connectivity index (χ0) is 22.0. The minimum absolute atomic E-state index is 0.0304. The summed E-state index contributed by atoms with van der Waals surface area (Å²) in [6.07, 6.45) is 1.89. The van der Waals surface area contributed by atoms with Crippen molar-refractivity contribution in [1.29, 1.82) is 0 Å². The summed E-state index contributed by atoms with van der Waals surface area (Å²) in [5.41, 5.74) is 0.884. The maximum Gasteiger partial charge on any atom is 0.255 e. The van der Waals surface area contributed by atoms with E-state index in [0.717, 1.165) is 9.20 Å². The lowest BCUT2D eigenvalue weighted by Crippen LogP contribution is -2.49. The van der Waals surface area contributed by atoms with Crippen molar-refractivity contribution in [3.05, 3.63) is 42.0 Å². The van der Waals surface area contributed by atoms with Crippen molar-refractivity contribution < 1.29 is 27.5 Å². The smallest absolute Gasteiger partial charge is 0.255 e. The molecule has 2 aromatic rings. The Bertz CT molecular complexity index is 1120. The number of carbonyl (C=O) groups is 2. The number of amides is 2.